The van der Waals surface area contributed by atoms with Crippen molar-refractivity contribution in [3.63, 3.8) is 0 Å². The second-order valence-electron chi connectivity index (χ2n) is 6.66. The van der Waals surface area contributed by atoms with Crippen molar-refractivity contribution in [1.82, 2.24) is 9.97 Å². The third-order valence-electron chi connectivity index (χ3n) is 4.71. The Hall–Kier alpha value is -3.27. The van der Waals surface area contributed by atoms with E-state index >= 15 is 0 Å². The Balaban J connectivity index is 1.76. The summed E-state index contributed by atoms with van der Waals surface area (Å²) >= 11 is 0. The van der Waals surface area contributed by atoms with Crippen molar-refractivity contribution in [3.8, 4) is 17.2 Å². The highest BCUT2D eigenvalue weighted by molar-refractivity contribution is 6.00. The van der Waals surface area contributed by atoms with Gasteiger partial charge in [0.15, 0.2) is 11.5 Å². The fraction of sp³-hybridized carbons (Fsp3) is 0.450. The Morgan fingerprint density at radius 2 is 1.53 bits per heavy atom. The van der Waals surface area contributed by atoms with Crippen LogP contribution in [0.1, 0.15) is 11.4 Å². The molecule has 162 valence electrons. The number of aryl methyl sites for hydroxylation is 2. The zero-order valence-electron chi connectivity index (χ0n) is 17.9. The van der Waals surface area contributed by atoms with E-state index in [1.165, 1.54) is 21.3 Å². The van der Waals surface area contributed by atoms with Gasteiger partial charge in [-0.15, -0.1) is 0 Å². The molecule has 0 radical (unpaired) electrons. The molecule has 1 fully saturated rings. The summed E-state index contributed by atoms with van der Waals surface area (Å²) in [5.74, 6) is 1.98. The monoisotopic (exact) mass is 417 g/mol. The molecule has 0 saturated carbocycles. The van der Waals surface area contributed by atoms with Gasteiger partial charge < -0.3 is 34.5 Å². The van der Waals surface area contributed by atoms with Crippen molar-refractivity contribution in [3.05, 3.63) is 23.5 Å². The first-order valence-electron chi connectivity index (χ1n) is 9.52. The van der Waals surface area contributed by atoms with Crippen molar-refractivity contribution in [2.75, 3.05) is 63.2 Å². The molecule has 2 amide bonds. The lowest BCUT2D eigenvalue weighted by Gasteiger charge is -2.27. The molecule has 1 aliphatic rings. The van der Waals surface area contributed by atoms with Gasteiger partial charge in [0, 0.05) is 25.2 Å². The van der Waals surface area contributed by atoms with Gasteiger partial charge >= 0.3 is 6.03 Å². The van der Waals surface area contributed by atoms with Crippen LogP contribution in [0.25, 0.3) is 0 Å². The summed E-state index contributed by atoms with van der Waals surface area (Å²) < 4.78 is 21.3. The number of hydrogen-bond acceptors (Lipinski definition) is 8. The summed E-state index contributed by atoms with van der Waals surface area (Å²) in [4.78, 5) is 23.8. The minimum absolute atomic E-state index is 0.432. The Bertz CT molecular complexity index is 866. The van der Waals surface area contributed by atoms with Crippen molar-refractivity contribution < 1.29 is 23.7 Å². The van der Waals surface area contributed by atoms with Crippen molar-refractivity contribution >= 4 is 23.4 Å². The number of carbonyl (C=O) groups is 1. The lowest BCUT2D eigenvalue weighted by atomic mass is 10.2. The highest BCUT2D eigenvalue weighted by Gasteiger charge is 2.19. The van der Waals surface area contributed by atoms with Gasteiger partial charge in [0.2, 0.25) is 11.7 Å². The van der Waals surface area contributed by atoms with E-state index in [-0.39, 0.29) is 0 Å². The van der Waals surface area contributed by atoms with Crippen LogP contribution in [-0.2, 0) is 4.74 Å². The van der Waals surface area contributed by atoms with E-state index in [9.17, 15) is 4.79 Å². The number of morpholine rings is 1. The molecule has 1 aromatic carbocycles. The summed E-state index contributed by atoms with van der Waals surface area (Å²) in [7, 11) is 4.55. The number of ether oxygens (including phenoxy) is 4. The number of amides is 2. The smallest absolute Gasteiger partial charge is 0.323 e. The van der Waals surface area contributed by atoms with E-state index in [4.69, 9.17) is 18.9 Å². The van der Waals surface area contributed by atoms with Gasteiger partial charge in [-0.2, -0.15) is 0 Å². The van der Waals surface area contributed by atoms with Gasteiger partial charge in [-0.25, -0.2) is 14.8 Å². The number of methoxy groups -OCH3 is 3. The molecular formula is C20H27N5O5. The normalized spacial score (nSPS) is 13.6. The predicted molar refractivity (Wildman–Crippen MR) is 113 cm³/mol. The zero-order chi connectivity index (χ0) is 21.7. The number of hydrogen-bond donors (Lipinski definition) is 2. The van der Waals surface area contributed by atoms with E-state index in [2.05, 4.69) is 25.5 Å². The SMILES string of the molecule is COc1cc(NC(=O)Nc2c(C)nc(N3CCOCC3)nc2C)cc(OC)c1OC. The number of nitrogens with zero attached hydrogens (tertiary/aromatic N) is 3. The largest absolute Gasteiger partial charge is 0.493 e. The third-order valence-corrected chi connectivity index (χ3v) is 4.71. The van der Waals surface area contributed by atoms with Gasteiger partial charge in [-0.3, -0.25) is 0 Å². The average molecular weight is 417 g/mol. The molecule has 3 rings (SSSR count). The number of aromatic nitrogens is 2. The fourth-order valence-electron chi connectivity index (χ4n) is 3.21. The maximum Gasteiger partial charge on any atom is 0.323 e. The molecule has 1 aliphatic heterocycles. The maximum absolute atomic E-state index is 12.6. The summed E-state index contributed by atoms with van der Waals surface area (Å²) in [6.07, 6.45) is 0. The van der Waals surface area contributed by atoms with Crippen LogP contribution in [0, 0.1) is 13.8 Å². The van der Waals surface area contributed by atoms with E-state index in [0.717, 1.165) is 13.1 Å². The number of benzene rings is 1. The number of urea groups is 1. The first-order chi connectivity index (χ1) is 14.5. The Kier molecular flexibility index (Phi) is 6.78. The molecule has 0 unspecified atom stereocenters. The molecule has 10 heteroatoms. The van der Waals surface area contributed by atoms with Crippen LogP contribution in [0.5, 0.6) is 17.2 Å². The van der Waals surface area contributed by atoms with Crippen LogP contribution in [0.15, 0.2) is 12.1 Å². The molecule has 0 spiro atoms. The van der Waals surface area contributed by atoms with Gasteiger partial charge in [-0.1, -0.05) is 0 Å². The summed E-state index contributed by atoms with van der Waals surface area (Å²) in [6.45, 7) is 6.47. The van der Waals surface area contributed by atoms with E-state index < -0.39 is 6.03 Å². The Morgan fingerprint density at radius 3 is 2.03 bits per heavy atom. The summed E-state index contributed by atoms with van der Waals surface area (Å²) in [5.41, 5.74) is 2.42. The summed E-state index contributed by atoms with van der Waals surface area (Å²) in [6, 6.07) is 2.87. The average Bonchev–Trinajstić information content (AvgIpc) is 2.75. The van der Waals surface area contributed by atoms with E-state index in [1.54, 1.807) is 12.1 Å². The van der Waals surface area contributed by atoms with Crippen LogP contribution in [0.4, 0.5) is 22.1 Å². The van der Waals surface area contributed by atoms with Crippen LogP contribution < -0.4 is 29.7 Å². The molecule has 2 heterocycles. The van der Waals surface area contributed by atoms with E-state index in [0.29, 0.717) is 59.2 Å². The first-order valence-corrected chi connectivity index (χ1v) is 9.52. The Labute approximate surface area is 175 Å². The van der Waals surface area contributed by atoms with Crippen molar-refractivity contribution in [2.45, 2.75) is 13.8 Å². The van der Waals surface area contributed by atoms with Crippen LogP contribution in [-0.4, -0.2) is 63.6 Å². The molecule has 0 aliphatic carbocycles. The van der Waals surface area contributed by atoms with Crippen molar-refractivity contribution in [2.24, 2.45) is 0 Å². The number of nitrogens with one attached hydrogen (secondary N) is 2. The second kappa shape index (κ2) is 9.49. The number of rotatable bonds is 6. The molecular weight excluding hydrogens is 390 g/mol. The van der Waals surface area contributed by atoms with Gasteiger partial charge in [0.25, 0.3) is 0 Å². The molecule has 2 aromatic rings. The third kappa shape index (κ3) is 4.65. The number of anilines is 3. The maximum atomic E-state index is 12.6. The molecule has 0 atom stereocenters. The molecule has 10 nitrogen and oxygen atoms in total. The fourth-order valence-corrected chi connectivity index (χ4v) is 3.21. The van der Waals surface area contributed by atoms with Crippen molar-refractivity contribution in [1.29, 1.82) is 0 Å². The minimum Gasteiger partial charge on any atom is -0.493 e. The van der Waals surface area contributed by atoms with E-state index in [1.807, 2.05) is 13.8 Å². The highest BCUT2D eigenvalue weighted by atomic mass is 16.5. The predicted octanol–water partition coefficient (Wildman–Crippen LogP) is 2.60. The quantitative estimate of drug-likeness (QED) is 0.739. The summed E-state index contributed by atoms with van der Waals surface area (Å²) in [5, 5.41) is 5.61. The lowest BCUT2D eigenvalue weighted by Crippen LogP contribution is -2.37. The minimum atomic E-state index is -0.432. The van der Waals surface area contributed by atoms with Crippen LogP contribution in [0.2, 0.25) is 0 Å². The molecule has 30 heavy (non-hydrogen) atoms. The molecule has 1 saturated heterocycles. The first kappa shape index (κ1) is 21.4. The van der Waals surface area contributed by atoms with Gasteiger partial charge in [0.1, 0.15) is 0 Å². The topological polar surface area (TPSA) is 107 Å². The highest BCUT2D eigenvalue weighted by Crippen LogP contribution is 2.40. The Morgan fingerprint density at radius 1 is 0.967 bits per heavy atom. The standard InChI is InChI=1S/C20H27N5O5/c1-12-17(13(2)22-19(21-12)25-6-8-30-9-7-25)24-20(26)23-14-10-15(27-3)18(29-5)16(11-14)28-4/h10-11H,6-9H2,1-5H3,(H2,23,24,26). The number of carbonyl (C=O) groups excluding carboxylic acids is 1. The lowest BCUT2D eigenvalue weighted by molar-refractivity contribution is 0.122. The zero-order valence-corrected chi connectivity index (χ0v) is 17.9. The van der Waals surface area contributed by atoms with Gasteiger partial charge in [0.05, 0.1) is 57.3 Å². The molecule has 1 aromatic heterocycles. The van der Waals surface area contributed by atoms with Gasteiger partial charge in [-0.05, 0) is 13.8 Å². The van der Waals surface area contributed by atoms with Crippen LogP contribution in [0.3, 0.4) is 0 Å². The van der Waals surface area contributed by atoms with Crippen LogP contribution >= 0.6 is 0 Å². The molecule has 2 N–H and O–H groups in total. The second-order valence-corrected chi connectivity index (χ2v) is 6.66. The molecule has 0 bridgehead atoms.